The molecule has 1 heterocycles. The summed E-state index contributed by atoms with van der Waals surface area (Å²) >= 11 is 0. The number of aryl methyl sites for hydroxylation is 1. The summed E-state index contributed by atoms with van der Waals surface area (Å²) < 4.78 is 0. The summed E-state index contributed by atoms with van der Waals surface area (Å²) in [6.07, 6.45) is 0. The lowest BCUT2D eigenvalue weighted by Gasteiger charge is -2.24. The maximum absolute atomic E-state index is 5.92. The van der Waals surface area contributed by atoms with E-state index >= 15 is 0 Å². The van der Waals surface area contributed by atoms with Gasteiger partial charge >= 0.3 is 0 Å². The van der Waals surface area contributed by atoms with Crippen LogP contribution in [-0.4, -0.2) is 12.6 Å². The highest BCUT2D eigenvalue weighted by molar-refractivity contribution is 5.54. The second-order valence-corrected chi connectivity index (χ2v) is 6.20. The lowest BCUT2D eigenvalue weighted by atomic mass is 9.83. The number of anilines is 1. The molecular weight excluding hydrogens is 222 g/mol. The number of nitrogens with one attached hydrogen (secondary N) is 2. The second-order valence-electron chi connectivity index (χ2n) is 6.20. The fourth-order valence-corrected chi connectivity index (χ4v) is 1.97. The Hall–Kier alpha value is -1.06. The molecule has 0 saturated carbocycles. The van der Waals surface area contributed by atoms with Crippen LogP contribution >= 0.6 is 0 Å². The Bertz CT molecular complexity index is 401. The fourth-order valence-electron chi connectivity index (χ4n) is 1.97. The van der Waals surface area contributed by atoms with Gasteiger partial charge in [0.05, 0.1) is 0 Å². The molecule has 0 aromatic heterocycles. The van der Waals surface area contributed by atoms with Crippen molar-refractivity contribution < 1.29 is 0 Å². The lowest BCUT2D eigenvalue weighted by molar-refractivity contribution is 0.321. The molecule has 1 aliphatic rings. The van der Waals surface area contributed by atoms with E-state index in [0.717, 1.165) is 12.2 Å². The Kier molecular flexibility index (Phi) is 4.77. The lowest BCUT2D eigenvalue weighted by Crippen LogP contribution is -2.57. The van der Waals surface area contributed by atoms with Gasteiger partial charge < -0.3 is 5.73 Å². The van der Waals surface area contributed by atoms with Crippen molar-refractivity contribution in [3.8, 4) is 0 Å². The molecule has 3 heteroatoms. The standard InChI is InChI=1S/C12H19N.C3H8N2/c1-8-6-10(12(3,4)5)9(2)11(13)7-8;1-3-2-4-5-3/h6-7H,13H2,1-5H3;3-5H,2H2,1H3. The third-order valence-electron chi connectivity index (χ3n) is 3.16. The van der Waals surface area contributed by atoms with Gasteiger partial charge in [0.2, 0.25) is 0 Å². The van der Waals surface area contributed by atoms with Gasteiger partial charge in [0.25, 0.3) is 0 Å². The average molecular weight is 249 g/mol. The van der Waals surface area contributed by atoms with Crippen LogP contribution in [0.5, 0.6) is 0 Å². The molecule has 1 unspecified atom stereocenters. The molecular formula is C15H27N3. The van der Waals surface area contributed by atoms with E-state index in [1.165, 1.54) is 16.7 Å². The van der Waals surface area contributed by atoms with Crippen molar-refractivity contribution in [1.29, 1.82) is 0 Å². The molecule has 1 aromatic carbocycles. The smallest absolute Gasteiger partial charge is 0.0349 e. The van der Waals surface area contributed by atoms with Crippen LogP contribution in [0.3, 0.4) is 0 Å². The number of rotatable bonds is 0. The van der Waals surface area contributed by atoms with Crippen LogP contribution in [0.4, 0.5) is 5.69 Å². The number of hydrogen-bond acceptors (Lipinski definition) is 3. The number of hydrazine groups is 1. The zero-order valence-electron chi connectivity index (χ0n) is 12.5. The number of benzene rings is 1. The van der Waals surface area contributed by atoms with Crippen molar-refractivity contribution in [2.75, 3.05) is 12.3 Å². The zero-order chi connectivity index (χ0) is 13.9. The molecule has 0 bridgehead atoms. The molecule has 1 aromatic rings. The fraction of sp³-hybridized carbons (Fsp3) is 0.600. The maximum atomic E-state index is 5.92. The molecule has 0 radical (unpaired) electrons. The van der Waals surface area contributed by atoms with Crippen molar-refractivity contribution in [2.45, 2.75) is 53.0 Å². The minimum Gasteiger partial charge on any atom is -0.398 e. The first-order valence-corrected chi connectivity index (χ1v) is 6.57. The molecule has 4 N–H and O–H groups in total. The normalized spacial score (nSPS) is 18.7. The van der Waals surface area contributed by atoms with Gasteiger partial charge in [-0.3, -0.25) is 10.9 Å². The highest BCUT2D eigenvalue weighted by Gasteiger charge is 2.17. The molecule has 0 amide bonds. The van der Waals surface area contributed by atoms with Crippen LogP contribution in [0.25, 0.3) is 0 Å². The highest BCUT2D eigenvalue weighted by atomic mass is 15.4. The van der Waals surface area contributed by atoms with E-state index in [9.17, 15) is 0 Å². The first-order chi connectivity index (χ1) is 8.21. The molecule has 0 spiro atoms. The van der Waals surface area contributed by atoms with Crippen LogP contribution in [0, 0.1) is 13.8 Å². The predicted molar refractivity (Wildman–Crippen MR) is 79.6 cm³/mol. The summed E-state index contributed by atoms with van der Waals surface area (Å²) in [5.41, 5.74) is 16.7. The van der Waals surface area contributed by atoms with Gasteiger partial charge in [-0.2, -0.15) is 0 Å². The molecule has 3 nitrogen and oxygen atoms in total. The first kappa shape index (κ1) is 15.0. The maximum Gasteiger partial charge on any atom is 0.0349 e. The number of hydrogen-bond donors (Lipinski definition) is 3. The van der Waals surface area contributed by atoms with Crippen LogP contribution in [0.1, 0.15) is 44.4 Å². The van der Waals surface area contributed by atoms with E-state index in [2.05, 4.69) is 58.5 Å². The quantitative estimate of drug-likeness (QED) is 0.620. The Morgan fingerprint density at radius 2 is 1.72 bits per heavy atom. The average Bonchev–Trinajstić information content (AvgIpc) is 2.20. The Morgan fingerprint density at radius 1 is 1.22 bits per heavy atom. The third-order valence-corrected chi connectivity index (χ3v) is 3.16. The molecule has 102 valence electrons. The summed E-state index contributed by atoms with van der Waals surface area (Å²) in [5.74, 6) is 0. The second kappa shape index (κ2) is 5.72. The summed E-state index contributed by atoms with van der Waals surface area (Å²) in [5, 5.41) is 0. The van der Waals surface area contributed by atoms with Crippen LogP contribution in [0.15, 0.2) is 12.1 Å². The summed E-state index contributed by atoms with van der Waals surface area (Å²) in [4.78, 5) is 0. The van der Waals surface area contributed by atoms with Crippen LogP contribution in [0.2, 0.25) is 0 Å². The van der Waals surface area contributed by atoms with Crippen molar-refractivity contribution >= 4 is 5.69 Å². The van der Waals surface area contributed by atoms with Gasteiger partial charge in [-0.15, -0.1) is 0 Å². The van der Waals surface area contributed by atoms with E-state index in [1.807, 2.05) is 6.07 Å². The molecule has 1 saturated heterocycles. The van der Waals surface area contributed by atoms with Gasteiger partial charge in [-0.1, -0.05) is 26.8 Å². The largest absolute Gasteiger partial charge is 0.398 e. The minimum absolute atomic E-state index is 0.185. The van der Waals surface area contributed by atoms with Crippen molar-refractivity contribution in [3.63, 3.8) is 0 Å². The SMILES string of the molecule is CC1CNN1.Cc1cc(N)c(C)c(C(C)(C)C)c1. The van der Waals surface area contributed by atoms with Gasteiger partial charge in [0.15, 0.2) is 0 Å². The molecule has 1 aliphatic heterocycles. The van der Waals surface area contributed by atoms with Crippen LogP contribution < -0.4 is 16.6 Å². The molecule has 1 atom stereocenters. The summed E-state index contributed by atoms with van der Waals surface area (Å²) in [6, 6.07) is 4.96. The zero-order valence-corrected chi connectivity index (χ0v) is 12.5. The van der Waals surface area contributed by atoms with E-state index in [4.69, 9.17) is 5.73 Å². The van der Waals surface area contributed by atoms with E-state index in [-0.39, 0.29) is 5.41 Å². The summed E-state index contributed by atoms with van der Waals surface area (Å²) in [6.45, 7) is 14.1. The molecule has 18 heavy (non-hydrogen) atoms. The molecule has 0 aliphatic carbocycles. The Balaban J connectivity index is 0.000000269. The summed E-state index contributed by atoms with van der Waals surface area (Å²) in [7, 11) is 0. The van der Waals surface area contributed by atoms with E-state index < -0.39 is 0 Å². The van der Waals surface area contributed by atoms with Crippen molar-refractivity contribution in [3.05, 3.63) is 28.8 Å². The molecule has 1 fully saturated rings. The molecule has 2 rings (SSSR count). The van der Waals surface area contributed by atoms with Gasteiger partial charge in [0, 0.05) is 18.3 Å². The van der Waals surface area contributed by atoms with E-state index in [1.54, 1.807) is 0 Å². The van der Waals surface area contributed by atoms with Gasteiger partial charge in [-0.25, -0.2) is 0 Å². The third kappa shape index (κ3) is 4.00. The van der Waals surface area contributed by atoms with Crippen LogP contribution in [-0.2, 0) is 5.41 Å². The minimum atomic E-state index is 0.185. The number of nitrogen functional groups attached to an aromatic ring is 1. The van der Waals surface area contributed by atoms with Crippen molar-refractivity contribution in [1.82, 2.24) is 10.9 Å². The predicted octanol–water partition coefficient (Wildman–Crippen LogP) is 2.67. The highest BCUT2D eigenvalue weighted by Crippen LogP contribution is 2.29. The van der Waals surface area contributed by atoms with Gasteiger partial charge in [0.1, 0.15) is 0 Å². The van der Waals surface area contributed by atoms with Gasteiger partial charge in [-0.05, 0) is 48.9 Å². The van der Waals surface area contributed by atoms with Crippen molar-refractivity contribution in [2.24, 2.45) is 0 Å². The Morgan fingerprint density at radius 3 is 2.06 bits per heavy atom. The van der Waals surface area contributed by atoms with E-state index in [0.29, 0.717) is 6.04 Å². The first-order valence-electron chi connectivity index (χ1n) is 6.57. The topological polar surface area (TPSA) is 50.1 Å². The monoisotopic (exact) mass is 249 g/mol. The number of nitrogens with two attached hydrogens (primary N) is 1. The Labute approximate surface area is 111 Å².